The van der Waals surface area contributed by atoms with Gasteiger partial charge in [0, 0.05) is 64.8 Å². The van der Waals surface area contributed by atoms with Gasteiger partial charge in [-0.3, -0.25) is 9.69 Å². The van der Waals surface area contributed by atoms with Crippen LogP contribution in [0.2, 0.25) is 0 Å². The van der Waals surface area contributed by atoms with Crippen molar-refractivity contribution in [2.45, 2.75) is 17.7 Å². The molecular weight excluding hydrogens is 448 g/mol. The fraction of sp³-hybridized carbons (Fsp3) is 0.682. The topological polar surface area (TPSA) is 101 Å². The third kappa shape index (κ3) is 7.03. The number of hydrogen-bond donors (Lipinski definition) is 1. The third-order valence-electron chi connectivity index (χ3n) is 6.02. The number of benzene rings is 1. The minimum absolute atomic E-state index is 0.0255. The number of morpholine rings is 1. The van der Waals surface area contributed by atoms with Gasteiger partial charge < -0.3 is 24.4 Å². The van der Waals surface area contributed by atoms with Crippen molar-refractivity contribution in [1.29, 1.82) is 0 Å². The number of piperazine rings is 1. The first kappa shape index (κ1) is 25.7. The molecule has 2 aliphatic rings. The third-order valence-corrected chi connectivity index (χ3v) is 7.94. The highest BCUT2D eigenvalue weighted by atomic mass is 32.2. The maximum absolute atomic E-state index is 13.7. The largest absolute Gasteiger partial charge is 0.497 e. The molecule has 0 atom stereocenters. The molecule has 0 unspecified atom stereocenters. The second kappa shape index (κ2) is 12.5. The zero-order chi connectivity index (χ0) is 23.7. The van der Waals surface area contributed by atoms with Crippen LogP contribution in [0.5, 0.6) is 11.5 Å². The molecule has 1 N–H and O–H groups in total. The summed E-state index contributed by atoms with van der Waals surface area (Å²) in [5.74, 6) is 0.657. The zero-order valence-electron chi connectivity index (χ0n) is 19.6. The maximum atomic E-state index is 13.7. The summed E-state index contributed by atoms with van der Waals surface area (Å²) in [7, 11) is -0.971. The highest BCUT2D eigenvalue weighted by Gasteiger charge is 2.29. The molecule has 0 bridgehead atoms. The predicted octanol–water partition coefficient (Wildman–Crippen LogP) is 0.239. The molecule has 1 amide bonds. The Hall–Kier alpha value is -1.92. The van der Waals surface area contributed by atoms with Gasteiger partial charge in [0.15, 0.2) is 0 Å². The van der Waals surface area contributed by atoms with E-state index in [2.05, 4.69) is 10.2 Å². The number of hydrogen-bond acceptors (Lipinski definition) is 8. The molecule has 33 heavy (non-hydrogen) atoms. The van der Waals surface area contributed by atoms with Crippen molar-refractivity contribution in [2.75, 3.05) is 86.3 Å². The van der Waals surface area contributed by atoms with Crippen LogP contribution in [0, 0.1) is 0 Å². The Kier molecular flexibility index (Phi) is 9.75. The highest BCUT2D eigenvalue weighted by Crippen LogP contribution is 2.31. The molecule has 0 radical (unpaired) electrons. The lowest BCUT2D eigenvalue weighted by Crippen LogP contribution is -2.47. The first-order chi connectivity index (χ1) is 16.0. The number of carbonyl (C=O) groups is 1. The Balaban J connectivity index is 1.74. The van der Waals surface area contributed by atoms with Crippen LogP contribution in [0.15, 0.2) is 23.1 Å². The first-order valence-corrected chi connectivity index (χ1v) is 12.9. The molecule has 2 aliphatic heterocycles. The van der Waals surface area contributed by atoms with E-state index in [9.17, 15) is 13.2 Å². The van der Waals surface area contributed by atoms with Crippen molar-refractivity contribution >= 4 is 15.9 Å². The Morgan fingerprint density at radius 2 is 1.82 bits per heavy atom. The molecule has 2 saturated heterocycles. The average Bonchev–Trinajstić information content (AvgIpc) is 2.86. The van der Waals surface area contributed by atoms with Crippen LogP contribution in [0.4, 0.5) is 0 Å². The molecule has 11 heteroatoms. The second-order valence-corrected chi connectivity index (χ2v) is 10.0. The summed E-state index contributed by atoms with van der Waals surface area (Å²) < 4.78 is 44.7. The van der Waals surface area contributed by atoms with E-state index in [0.29, 0.717) is 45.0 Å². The lowest BCUT2D eigenvalue weighted by molar-refractivity contribution is -0.131. The molecule has 10 nitrogen and oxygen atoms in total. The summed E-state index contributed by atoms with van der Waals surface area (Å²) in [6, 6.07) is 4.72. The summed E-state index contributed by atoms with van der Waals surface area (Å²) >= 11 is 0. The molecule has 0 aromatic heterocycles. The molecule has 0 spiro atoms. The van der Waals surface area contributed by atoms with Crippen molar-refractivity contribution in [3.8, 4) is 11.5 Å². The van der Waals surface area contributed by atoms with Gasteiger partial charge in [0.05, 0.1) is 27.4 Å². The van der Waals surface area contributed by atoms with E-state index in [4.69, 9.17) is 14.2 Å². The molecule has 3 rings (SSSR count). The lowest BCUT2D eigenvalue weighted by atomic mass is 10.3. The molecule has 2 fully saturated rings. The number of sulfonamides is 1. The Bertz CT molecular complexity index is 870. The predicted molar refractivity (Wildman–Crippen MR) is 124 cm³/mol. The number of amides is 1. The Morgan fingerprint density at radius 3 is 2.48 bits per heavy atom. The van der Waals surface area contributed by atoms with E-state index in [1.54, 1.807) is 17.0 Å². The Morgan fingerprint density at radius 1 is 1.09 bits per heavy atom. The van der Waals surface area contributed by atoms with E-state index < -0.39 is 10.0 Å². The van der Waals surface area contributed by atoms with Crippen LogP contribution in [-0.2, 0) is 19.6 Å². The molecule has 0 aliphatic carbocycles. The SMILES string of the molecule is COc1ccc(OC)c(S(=O)(=O)N(CCCN2CCOCC2)CCC(=O)N2CCNCC2)c1. The molecule has 1 aromatic rings. The smallest absolute Gasteiger partial charge is 0.246 e. The molecule has 186 valence electrons. The molecular formula is C22H36N4O6S. The van der Waals surface area contributed by atoms with Crippen molar-refractivity contribution < 1.29 is 27.4 Å². The number of nitrogens with one attached hydrogen (secondary N) is 1. The van der Waals surface area contributed by atoms with Crippen LogP contribution < -0.4 is 14.8 Å². The van der Waals surface area contributed by atoms with Crippen molar-refractivity contribution in [3.05, 3.63) is 18.2 Å². The van der Waals surface area contributed by atoms with Crippen LogP contribution in [0.3, 0.4) is 0 Å². The number of nitrogens with zero attached hydrogens (tertiary/aromatic N) is 3. The summed E-state index contributed by atoms with van der Waals surface area (Å²) in [4.78, 5) is 16.8. The molecule has 0 saturated carbocycles. The van der Waals surface area contributed by atoms with Gasteiger partial charge in [-0.2, -0.15) is 4.31 Å². The number of carbonyl (C=O) groups excluding carboxylic acids is 1. The fourth-order valence-corrected chi connectivity index (χ4v) is 5.71. The second-order valence-electron chi connectivity index (χ2n) is 8.11. The van der Waals surface area contributed by atoms with E-state index >= 15 is 0 Å². The van der Waals surface area contributed by atoms with Gasteiger partial charge in [0.2, 0.25) is 15.9 Å². The zero-order valence-corrected chi connectivity index (χ0v) is 20.4. The fourth-order valence-electron chi connectivity index (χ4n) is 4.06. The van der Waals surface area contributed by atoms with Gasteiger partial charge in [0.1, 0.15) is 16.4 Å². The molecule has 2 heterocycles. The minimum Gasteiger partial charge on any atom is -0.497 e. The van der Waals surface area contributed by atoms with E-state index in [-0.39, 0.29) is 29.5 Å². The average molecular weight is 485 g/mol. The first-order valence-electron chi connectivity index (χ1n) is 11.5. The monoisotopic (exact) mass is 484 g/mol. The van der Waals surface area contributed by atoms with Crippen molar-refractivity contribution in [2.24, 2.45) is 0 Å². The van der Waals surface area contributed by atoms with Gasteiger partial charge in [-0.05, 0) is 25.1 Å². The normalized spacial score (nSPS) is 17.8. The van der Waals surface area contributed by atoms with Crippen LogP contribution in [0.1, 0.15) is 12.8 Å². The highest BCUT2D eigenvalue weighted by molar-refractivity contribution is 7.89. The van der Waals surface area contributed by atoms with E-state index in [1.165, 1.54) is 24.6 Å². The van der Waals surface area contributed by atoms with Gasteiger partial charge in [0.25, 0.3) is 0 Å². The van der Waals surface area contributed by atoms with E-state index in [0.717, 1.165) is 32.7 Å². The number of rotatable bonds is 11. The standard InChI is InChI=1S/C22H36N4O6S/c1-30-19-4-5-20(31-2)21(18-19)33(28,29)26(10-3-9-24-14-16-32-17-15-24)11-6-22(27)25-12-7-23-8-13-25/h4-5,18,23H,3,6-17H2,1-2H3. The summed E-state index contributed by atoms with van der Waals surface area (Å²) in [6.07, 6.45) is 0.802. The number of methoxy groups -OCH3 is 2. The van der Waals surface area contributed by atoms with Crippen molar-refractivity contribution in [1.82, 2.24) is 19.4 Å². The maximum Gasteiger partial charge on any atom is 0.246 e. The van der Waals surface area contributed by atoms with Crippen LogP contribution in [0.25, 0.3) is 0 Å². The van der Waals surface area contributed by atoms with Gasteiger partial charge in [-0.25, -0.2) is 8.42 Å². The van der Waals surface area contributed by atoms with Gasteiger partial charge in [-0.15, -0.1) is 0 Å². The Labute approximate surface area is 196 Å². The minimum atomic E-state index is -3.90. The van der Waals surface area contributed by atoms with Crippen LogP contribution >= 0.6 is 0 Å². The summed E-state index contributed by atoms with van der Waals surface area (Å²) in [5, 5.41) is 3.22. The van der Waals surface area contributed by atoms with Crippen LogP contribution in [-0.4, -0.2) is 115 Å². The molecule has 1 aromatic carbocycles. The van der Waals surface area contributed by atoms with E-state index in [1.807, 2.05) is 0 Å². The quantitative estimate of drug-likeness (QED) is 0.477. The number of ether oxygens (including phenoxy) is 3. The summed E-state index contributed by atoms with van der Waals surface area (Å²) in [5.41, 5.74) is 0. The lowest BCUT2D eigenvalue weighted by Gasteiger charge is -2.30. The summed E-state index contributed by atoms with van der Waals surface area (Å²) in [6.45, 7) is 7.10. The van der Waals surface area contributed by atoms with Gasteiger partial charge in [-0.1, -0.05) is 0 Å². The van der Waals surface area contributed by atoms with Gasteiger partial charge >= 0.3 is 0 Å². The van der Waals surface area contributed by atoms with Crippen molar-refractivity contribution in [3.63, 3.8) is 0 Å².